The molecule has 2 heterocycles. The Morgan fingerprint density at radius 2 is 1.70 bits per heavy atom. The maximum absolute atomic E-state index is 5.81. The lowest BCUT2D eigenvalue weighted by Gasteiger charge is -2.10. The van der Waals surface area contributed by atoms with E-state index in [0.29, 0.717) is 13.2 Å². The van der Waals surface area contributed by atoms with Gasteiger partial charge >= 0.3 is 0 Å². The number of benzene rings is 2. The van der Waals surface area contributed by atoms with Crippen LogP contribution in [0, 0.1) is 0 Å². The molecule has 4 nitrogen and oxygen atoms in total. The van der Waals surface area contributed by atoms with Crippen molar-refractivity contribution in [3.8, 4) is 11.5 Å². The molecule has 104 valence electrons. The predicted molar refractivity (Wildman–Crippen MR) is 74.4 cm³/mol. The van der Waals surface area contributed by atoms with Gasteiger partial charge in [0.05, 0.1) is 13.2 Å². The second-order valence-electron chi connectivity index (χ2n) is 5.17. The van der Waals surface area contributed by atoms with Gasteiger partial charge < -0.3 is 18.9 Å². The van der Waals surface area contributed by atoms with Gasteiger partial charge in [0.1, 0.15) is 36.9 Å². The van der Waals surface area contributed by atoms with Crippen molar-refractivity contribution in [2.24, 2.45) is 0 Å². The summed E-state index contributed by atoms with van der Waals surface area (Å²) in [5, 5.41) is 2.22. The third kappa shape index (κ3) is 2.71. The molecule has 0 unspecified atom stereocenters. The summed E-state index contributed by atoms with van der Waals surface area (Å²) in [6.07, 6.45) is 0.547. The first-order chi connectivity index (χ1) is 9.88. The third-order valence-corrected chi connectivity index (χ3v) is 3.48. The second kappa shape index (κ2) is 4.96. The van der Waals surface area contributed by atoms with Gasteiger partial charge in [-0.2, -0.15) is 0 Å². The van der Waals surface area contributed by atoms with E-state index < -0.39 is 0 Å². The van der Waals surface area contributed by atoms with Gasteiger partial charge in [0.25, 0.3) is 0 Å². The molecule has 4 heteroatoms. The Balaban J connectivity index is 1.54. The normalized spacial score (nSPS) is 23.6. The van der Waals surface area contributed by atoms with Crippen LogP contribution in [0.15, 0.2) is 36.4 Å². The van der Waals surface area contributed by atoms with E-state index in [1.807, 2.05) is 30.3 Å². The van der Waals surface area contributed by atoms with Crippen molar-refractivity contribution >= 4 is 10.8 Å². The maximum atomic E-state index is 5.81. The minimum absolute atomic E-state index is 0.270. The highest BCUT2D eigenvalue weighted by atomic mass is 16.6. The summed E-state index contributed by atoms with van der Waals surface area (Å²) in [6.45, 7) is 2.87. The molecule has 2 aromatic rings. The van der Waals surface area contributed by atoms with Gasteiger partial charge in [0.2, 0.25) is 0 Å². The molecule has 2 aliphatic heterocycles. The monoisotopic (exact) mass is 272 g/mol. The highest BCUT2D eigenvalue weighted by Gasteiger charge is 2.24. The fourth-order valence-corrected chi connectivity index (χ4v) is 2.15. The van der Waals surface area contributed by atoms with Gasteiger partial charge in [0.15, 0.2) is 0 Å². The number of epoxide rings is 2. The van der Waals surface area contributed by atoms with Crippen LogP contribution < -0.4 is 9.47 Å². The van der Waals surface area contributed by atoms with Crippen LogP contribution in [-0.2, 0) is 9.47 Å². The topological polar surface area (TPSA) is 43.5 Å². The molecule has 0 N–H and O–H groups in total. The van der Waals surface area contributed by atoms with Crippen molar-refractivity contribution in [3.05, 3.63) is 36.4 Å². The van der Waals surface area contributed by atoms with E-state index in [0.717, 1.165) is 35.5 Å². The molecule has 0 bridgehead atoms. The van der Waals surface area contributed by atoms with Crippen LogP contribution in [0.3, 0.4) is 0 Å². The van der Waals surface area contributed by atoms with E-state index in [1.165, 1.54) is 0 Å². The van der Waals surface area contributed by atoms with Crippen molar-refractivity contribution in [1.29, 1.82) is 0 Å². The lowest BCUT2D eigenvalue weighted by Crippen LogP contribution is -2.05. The quantitative estimate of drug-likeness (QED) is 0.757. The number of hydrogen-bond donors (Lipinski definition) is 0. The molecular formula is C16H16O4. The summed E-state index contributed by atoms with van der Waals surface area (Å²) in [5.74, 6) is 1.77. The van der Waals surface area contributed by atoms with Gasteiger partial charge in [-0.1, -0.05) is 12.1 Å². The molecular weight excluding hydrogens is 256 g/mol. The number of hydrogen-bond acceptors (Lipinski definition) is 4. The van der Waals surface area contributed by atoms with Crippen molar-refractivity contribution in [2.75, 3.05) is 26.4 Å². The van der Waals surface area contributed by atoms with Crippen LogP contribution in [0.4, 0.5) is 0 Å². The summed E-state index contributed by atoms with van der Waals surface area (Å²) >= 11 is 0. The SMILES string of the molecule is c1cc(OC[C@H]2CO2)c2ccc(OC[C@@H]3CO3)cc2c1. The van der Waals surface area contributed by atoms with Gasteiger partial charge in [-0.15, -0.1) is 0 Å². The molecule has 0 saturated carbocycles. The van der Waals surface area contributed by atoms with E-state index in [-0.39, 0.29) is 12.2 Å². The van der Waals surface area contributed by atoms with Crippen molar-refractivity contribution < 1.29 is 18.9 Å². The molecule has 2 saturated heterocycles. The zero-order chi connectivity index (χ0) is 13.4. The van der Waals surface area contributed by atoms with Crippen molar-refractivity contribution in [2.45, 2.75) is 12.2 Å². The molecule has 2 aromatic carbocycles. The molecule has 2 fully saturated rings. The van der Waals surface area contributed by atoms with Crippen LogP contribution in [0.25, 0.3) is 10.8 Å². The predicted octanol–water partition coefficient (Wildman–Crippen LogP) is 2.40. The highest BCUT2D eigenvalue weighted by Crippen LogP contribution is 2.29. The third-order valence-electron chi connectivity index (χ3n) is 3.48. The first-order valence-corrected chi connectivity index (χ1v) is 6.90. The van der Waals surface area contributed by atoms with Crippen molar-refractivity contribution in [3.63, 3.8) is 0 Å². The summed E-state index contributed by atoms with van der Waals surface area (Å²) in [4.78, 5) is 0. The van der Waals surface area contributed by atoms with Crippen LogP contribution in [0.1, 0.15) is 0 Å². The Labute approximate surface area is 117 Å². The maximum Gasteiger partial charge on any atom is 0.127 e. The molecule has 20 heavy (non-hydrogen) atoms. The van der Waals surface area contributed by atoms with E-state index >= 15 is 0 Å². The Morgan fingerprint density at radius 3 is 2.45 bits per heavy atom. The summed E-state index contributed by atoms with van der Waals surface area (Å²) < 4.78 is 21.8. The molecule has 0 amide bonds. The molecule has 2 atom stereocenters. The average Bonchev–Trinajstić information content (AvgIpc) is 3.37. The largest absolute Gasteiger partial charge is 0.491 e. The Morgan fingerprint density at radius 1 is 0.950 bits per heavy atom. The molecule has 2 aliphatic rings. The first kappa shape index (κ1) is 12.0. The fourth-order valence-electron chi connectivity index (χ4n) is 2.15. The minimum Gasteiger partial charge on any atom is -0.491 e. The standard InChI is InChI=1S/C16H16O4/c1-2-11-6-12(17-7-13-8-18-13)4-5-15(11)16(3-1)20-10-14-9-19-14/h1-6,13-14H,7-10H2/t13-,14-/m1/s1. The lowest BCUT2D eigenvalue weighted by atomic mass is 10.1. The molecule has 0 aliphatic carbocycles. The zero-order valence-corrected chi connectivity index (χ0v) is 11.1. The summed E-state index contributed by atoms with van der Waals surface area (Å²) in [7, 11) is 0. The Hall–Kier alpha value is -1.78. The van der Waals surface area contributed by atoms with Crippen LogP contribution in [-0.4, -0.2) is 38.6 Å². The van der Waals surface area contributed by atoms with Gasteiger partial charge in [-0.3, -0.25) is 0 Å². The molecule has 0 aromatic heterocycles. The van der Waals surface area contributed by atoms with Crippen LogP contribution in [0.2, 0.25) is 0 Å². The fraction of sp³-hybridized carbons (Fsp3) is 0.375. The van der Waals surface area contributed by atoms with Gasteiger partial charge in [-0.05, 0) is 29.7 Å². The lowest BCUT2D eigenvalue weighted by molar-refractivity contribution is 0.263. The summed E-state index contributed by atoms with van der Waals surface area (Å²) in [6, 6.07) is 12.1. The van der Waals surface area contributed by atoms with Gasteiger partial charge in [-0.25, -0.2) is 0 Å². The van der Waals surface area contributed by atoms with Crippen molar-refractivity contribution in [1.82, 2.24) is 0 Å². The minimum atomic E-state index is 0.270. The smallest absolute Gasteiger partial charge is 0.127 e. The molecule has 0 spiro atoms. The number of ether oxygens (including phenoxy) is 4. The second-order valence-corrected chi connectivity index (χ2v) is 5.17. The number of rotatable bonds is 6. The average molecular weight is 272 g/mol. The molecule has 0 radical (unpaired) electrons. The Kier molecular flexibility index (Phi) is 2.98. The van der Waals surface area contributed by atoms with E-state index in [4.69, 9.17) is 18.9 Å². The van der Waals surface area contributed by atoms with Crippen LogP contribution in [0.5, 0.6) is 11.5 Å². The van der Waals surface area contributed by atoms with E-state index in [1.54, 1.807) is 0 Å². The Bertz CT molecular complexity index is 617. The van der Waals surface area contributed by atoms with E-state index in [9.17, 15) is 0 Å². The zero-order valence-electron chi connectivity index (χ0n) is 11.1. The van der Waals surface area contributed by atoms with Gasteiger partial charge in [0, 0.05) is 5.39 Å². The highest BCUT2D eigenvalue weighted by molar-refractivity contribution is 5.89. The summed E-state index contributed by atoms with van der Waals surface area (Å²) in [5.41, 5.74) is 0. The van der Waals surface area contributed by atoms with E-state index in [2.05, 4.69) is 6.07 Å². The first-order valence-electron chi connectivity index (χ1n) is 6.90. The molecule has 4 rings (SSSR count). The number of fused-ring (bicyclic) bond motifs is 1. The van der Waals surface area contributed by atoms with Crippen LogP contribution >= 0.6 is 0 Å².